The molecule has 0 saturated heterocycles. The molecule has 0 bridgehead atoms. The van der Waals surface area contributed by atoms with Crippen LogP contribution in [0.5, 0.6) is 0 Å². The summed E-state index contributed by atoms with van der Waals surface area (Å²) in [4.78, 5) is 23.3. The monoisotopic (exact) mass is 255 g/mol. The van der Waals surface area contributed by atoms with Crippen LogP contribution < -0.4 is 5.32 Å². The number of hydrogen-bond donors (Lipinski definition) is 2. The SMILES string of the molecule is CC1CCC(NC(=O)CC(C)(C(=O)O)C(C)C)C1. The number of carbonyl (C=O) groups is 2. The molecule has 0 spiro atoms. The van der Waals surface area contributed by atoms with Crippen LogP contribution in [0.2, 0.25) is 0 Å². The molecule has 1 amide bonds. The highest BCUT2D eigenvalue weighted by molar-refractivity contribution is 5.85. The van der Waals surface area contributed by atoms with Crippen LogP contribution in [0.15, 0.2) is 0 Å². The van der Waals surface area contributed by atoms with Crippen LogP contribution in [0.25, 0.3) is 0 Å². The van der Waals surface area contributed by atoms with Crippen LogP contribution in [0, 0.1) is 17.3 Å². The third-order valence-electron chi connectivity index (χ3n) is 4.35. The molecule has 0 heterocycles. The van der Waals surface area contributed by atoms with Crippen molar-refractivity contribution in [3.8, 4) is 0 Å². The molecule has 18 heavy (non-hydrogen) atoms. The number of amides is 1. The molecular weight excluding hydrogens is 230 g/mol. The standard InChI is InChI=1S/C14H25NO3/c1-9(2)14(4,13(17)18)8-12(16)15-11-6-5-10(3)7-11/h9-11H,5-8H2,1-4H3,(H,15,16)(H,17,18). The minimum Gasteiger partial charge on any atom is -0.481 e. The van der Waals surface area contributed by atoms with Gasteiger partial charge in [-0.2, -0.15) is 0 Å². The molecule has 0 aromatic heterocycles. The first kappa shape index (κ1) is 15.0. The average Bonchev–Trinajstić information content (AvgIpc) is 2.62. The first-order chi connectivity index (χ1) is 8.25. The van der Waals surface area contributed by atoms with Crippen molar-refractivity contribution in [2.45, 2.75) is 59.4 Å². The fourth-order valence-electron chi connectivity index (χ4n) is 2.48. The molecule has 1 rings (SSSR count). The minimum atomic E-state index is -0.978. The van der Waals surface area contributed by atoms with Crippen LogP contribution in [-0.4, -0.2) is 23.0 Å². The molecule has 104 valence electrons. The van der Waals surface area contributed by atoms with Gasteiger partial charge in [-0.15, -0.1) is 0 Å². The van der Waals surface area contributed by atoms with Gasteiger partial charge in [-0.25, -0.2) is 0 Å². The normalized spacial score (nSPS) is 26.9. The summed E-state index contributed by atoms with van der Waals surface area (Å²) in [6, 6.07) is 0.234. The number of carbonyl (C=O) groups excluding carboxylic acids is 1. The lowest BCUT2D eigenvalue weighted by atomic mass is 9.76. The maximum absolute atomic E-state index is 12.0. The van der Waals surface area contributed by atoms with Crippen molar-refractivity contribution in [2.24, 2.45) is 17.3 Å². The summed E-state index contributed by atoms with van der Waals surface area (Å²) in [5, 5.41) is 12.2. The summed E-state index contributed by atoms with van der Waals surface area (Å²) in [5.41, 5.74) is -0.978. The van der Waals surface area contributed by atoms with E-state index in [-0.39, 0.29) is 24.3 Å². The van der Waals surface area contributed by atoms with Gasteiger partial charge in [0.1, 0.15) is 0 Å². The van der Waals surface area contributed by atoms with E-state index in [2.05, 4.69) is 12.2 Å². The van der Waals surface area contributed by atoms with Crippen LogP contribution >= 0.6 is 0 Å². The predicted molar refractivity (Wildman–Crippen MR) is 70.1 cm³/mol. The molecular formula is C14H25NO3. The van der Waals surface area contributed by atoms with Crippen molar-refractivity contribution in [3.05, 3.63) is 0 Å². The highest BCUT2D eigenvalue weighted by atomic mass is 16.4. The van der Waals surface area contributed by atoms with Gasteiger partial charge in [-0.05, 0) is 38.0 Å². The van der Waals surface area contributed by atoms with E-state index in [4.69, 9.17) is 0 Å². The third-order valence-corrected chi connectivity index (χ3v) is 4.35. The van der Waals surface area contributed by atoms with E-state index in [0.717, 1.165) is 19.3 Å². The van der Waals surface area contributed by atoms with Crippen molar-refractivity contribution in [1.82, 2.24) is 5.32 Å². The number of carboxylic acids is 1. The Bertz CT molecular complexity index is 327. The lowest BCUT2D eigenvalue weighted by molar-refractivity contribution is -0.153. The van der Waals surface area contributed by atoms with Gasteiger partial charge in [-0.1, -0.05) is 20.8 Å². The Hall–Kier alpha value is -1.06. The first-order valence-electron chi connectivity index (χ1n) is 6.78. The highest BCUT2D eigenvalue weighted by Gasteiger charge is 2.39. The Morgan fingerprint density at radius 1 is 1.39 bits per heavy atom. The van der Waals surface area contributed by atoms with E-state index in [1.807, 2.05) is 13.8 Å². The van der Waals surface area contributed by atoms with Gasteiger partial charge in [0.25, 0.3) is 0 Å². The molecule has 3 atom stereocenters. The van der Waals surface area contributed by atoms with E-state index in [0.29, 0.717) is 5.92 Å². The van der Waals surface area contributed by atoms with Crippen molar-refractivity contribution in [1.29, 1.82) is 0 Å². The van der Waals surface area contributed by atoms with Gasteiger partial charge in [-0.3, -0.25) is 9.59 Å². The summed E-state index contributed by atoms with van der Waals surface area (Å²) in [6.07, 6.45) is 3.23. The molecule has 1 aliphatic carbocycles. The zero-order valence-electron chi connectivity index (χ0n) is 11.8. The Labute approximate surface area is 109 Å². The van der Waals surface area contributed by atoms with Gasteiger partial charge in [0.15, 0.2) is 0 Å². The van der Waals surface area contributed by atoms with Crippen molar-refractivity contribution in [3.63, 3.8) is 0 Å². The second-order valence-corrected chi connectivity index (χ2v) is 6.24. The lowest BCUT2D eigenvalue weighted by Crippen LogP contribution is -2.41. The second kappa shape index (κ2) is 5.72. The number of nitrogens with one attached hydrogen (secondary N) is 1. The Morgan fingerprint density at radius 3 is 2.39 bits per heavy atom. The molecule has 0 aromatic rings. The van der Waals surface area contributed by atoms with E-state index >= 15 is 0 Å². The molecule has 1 saturated carbocycles. The van der Waals surface area contributed by atoms with Crippen LogP contribution in [0.4, 0.5) is 0 Å². The Morgan fingerprint density at radius 2 is 2.00 bits per heavy atom. The molecule has 2 N–H and O–H groups in total. The second-order valence-electron chi connectivity index (χ2n) is 6.24. The van der Waals surface area contributed by atoms with Crippen LogP contribution in [-0.2, 0) is 9.59 Å². The maximum Gasteiger partial charge on any atom is 0.310 e. The van der Waals surface area contributed by atoms with Gasteiger partial charge in [0.05, 0.1) is 5.41 Å². The topological polar surface area (TPSA) is 66.4 Å². The van der Waals surface area contributed by atoms with E-state index in [1.165, 1.54) is 0 Å². The van der Waals surface area contributed by atoms with Crippen LogP contribution in [0.3, 0.4) is 0 Å². The third kappa shape index (κ3) is 3.47. The molecule has 0 radical (unpaired) electrons. The largest absolute Gasteiger partial charge is 0.481 e. The van der Waals surface area contributed by atoms with Crippen molar-refractivity contribution >= 4 is 11.9 Å². The zero-order valence-corrected chi connectivity index (χ0v) is 11.8. The minimum absolute atomic E-state index is 0.0604. The molecule has 0 aliphatic heterocycles. The van der Waals surface area contributed by atoms with Gasteiger partial charge in [0.2, 0.25) is 5.91 Å². The fourth-order valence-corrected chi connectivity index (χ4v) is 2.48. The molecule has 3 unspecified atom stereocenters. The first-order valence-corrected chi connectivity index (χ1v) is 6.78. The van der Waals surface area contributed by atoms with E-state index in [1.54, 1.807) is 6.92 Å². The zero-order chi connectivity index (χ0) is 13.9. The van der Waals surface area contributed by atoms with Gasteiger partial charge in [0, 0.05) is 12.5 Å². The quantitative estimate of drug-likeness (QED) is 0.793. The highest BCUT2D eigenvalue weighted by Crippen LogP contribution is 2.32. The average molecular weight is 255 g/mol. The molecule has 1 fully saturated rings. The Kier molecular flexibility index (Phi) is 4.77. The number of carboxylic acid groups (broad SMARTS) is 1. The van der Waals surface area contributed by atoms with Gasteiger partial charge < -0.3 is 10.4 Å². The summed E-state index contributed by atoms with van der Waals surface area (Å²) in [7, 11) is 0. The van der Waals surface area contributed by atoms with Crippen LogP contribution in [0.1, 0.15) is 53.4 Å². The summed E-state index contributed by atoms with van der Waals surface area (Å²) < 4.78 is 0. The lowest BCUT2D eigenvalue weighted by Gasteiger charge is -2.29. The predicted octanol–water partition coefficient (Wildman–Crippen LogP) is 2.43. The molecule has 4 nitrogen and oxygen atoms in total. The van der Waals surface area contributed by atoms with Gasteiger partial charge >= 0.3 is 5.97 Å². The molecule has 0 aromatic carbocycles. The van der Waals surface area contributed by atoms with Crippen molar-refractivity contribution in [2.75, 3.05) is 0 Å². The number of hydrogen-bond acceptors (Lipinski definition) is 2. The summed E-state index contributed by atoms with van der Waals surface area (Å²) in [6.45, 7) is 7.52. The number of rotatable bonds is 5. The molecule has 4 heteroatoms. The number of aliphatic carboxylic acids is 1. The van der Waals surface area contributed by atoms with E-state index < -0.39 is 11.4 Å². The van der Waals surface area contributed by atoms with E-state index in [9.17, 15) is 14.7 Å². The van der Waals surface area contributed by atoms with Crippen molar-refractivity contribution < 1.29 is 14.7 Å². The smallest absolute Gasteiger partial charge is 0.310 e. The summed E-state index contributed by atoms with van der Waals surface area (Å²) >= 11 is 0. The fraction of sp³-hybridized carbons (Fsp3) is 0.857. The maximum atomic E-state index is 12.0. The Balaban J connectivity index is 2.55. The summed E-state index contributed by atoms with van der Waals surface area (Å²) in [5.74, 6) is -0.436. The molecule has 1 aliphatic rings.